The summed E-state index contributed by atoms with van der Waals surface area (Å²) in [4.78, 5) is 11.6. The van der Waals surface area contributed by atoms with E-state index < -0.39 is 11.9 Å². The quantitative estimate of drug-likeness (QED) is 0.498. The number of thiophene rings is 1. The van der Waals surface area contributed by atoms with Gasteiger partial charge in [-0.05, 0) is 43.7 Å². The van der Waals surface area contributed by atoms with Crippen molar-refractivity contribution in [1.82, 2.24) is 29.4 Å². The molecule has 5 rings (SSSR count). The van der Waals surface area contributed by atoms with Crippen molar-refractivity contribution in [2.45, 2.75) is 52.3 Å². The van der Waals surface area contributed by atoms with Crippen molar-refractivity contribution < 1.29 is 13.2 Å². The lowest BCUT2D eigenvalue weighted by Gasteiger charge is -2.17. The van der Waals surface area contributed by atoms with Crippen molar-refractivity contribution >= 4 is 27.2 Å². The highest BCUT2D eigenvalue weighted by Gasteiger charge is 2.34. The van der Waals surface area contributed by atoms with Crippen LogP contribution in [-0.4, -0.2) is 29.4 Å². The van der Waals surface area contributed by atoms with Gasteiger partial charge < -0.3 is 0 Å². The van der Waals surface area contributed by atoms with Crippen molar-refractivity contribution in [2.75, 3.05) is 0 Å². The molecule has 4 aromatic rings. The van der Waals surface area contributed by atoms with E-state index in [0.717, 1.165) is 41.2 Å². The average molecular weight is 420 g/mol. The van der Waals surface area contributed by atoms with Gasteiger partial charge in [0.1, 0.15) is 11.2 Å². The van der Waals surface area contributed by atoms with E-state index >= 15 is 0 Å². The van der Waals surface area contributed by atoms with Crippen LogP contribution in [0.3, 0.4) is 0 Å². The number of alkyl halides is 3. The second kappa shape index (κ2) is 6.51. The van der Waals surface area contributed by atoms with Gasteiger partial charge in [0.2, 0.25) is 0 Å². The number of aromatic nitrogens is 6. The van der Waals surface area contributed by atoms with Crippen LogP contribution in [0.15, 0.2) is 12.4 Å². The molecule has 10 heteroatoms. The van der Waals surface area contributed by atoms with Crippen LogP contribution in [0.4, 0.5) is 13.2 Å². The largest absolute Gasteiger partial charge is 0.435 e. The molecular formula is C19H19F3N6S. The van der Waals surface area contributed by atoms with Crippen LogP contribution in [0.5, 0.6) is 0 Å². The third kappa shape index (κ3) is 3.19. The minimum atomic E-state index is -4.44. The maximum Gasteiger partial charge on any atom is 0.435 e. The van der Waals surface area contributed by atoms with Crippen LogP contribution in [0.25, 0.3) is 15.9 Å². The SMILES string of the molecule is Cc1cc(C(F)(F)F)nn1CCc1nc2c3c4c(sc3ncn2n1)CC(C)CC4. The van der Waals surface area contributed by atoms with Gasteiger partial charge in [0.05, 0.1) is 5.39 Å². The van der Waals surface area contributed by atoms with Crippen molar-refractivity contribution in [3.8, 4) is 0 Å². The van der Waals surface area contributed by atoms with E-state index in [1.165, 1.54) is 15.1 Å². The molecule has 1 aliphatic carbocycles. The van der Waals surface area contributed by atoms with Crippen LogP contribution in [-0.2, 0) is 32.0 Å². The lowest BCUT2D eigenvalue weighted by molar-refractivity contribution is -0.141. The number of halogens is 3. The van der Waals surface area contributed by atoms with Gasteiger partial charge in [0, 0.05) is 23.5 Å². The zero-order valence-corrected chi connectivity index (χ0v) is 16.8. The molecule has 0 bridgehead atoms. The van der Waals surface area contributed by atoms with Gasteiger partial charge in [-0.2, -0.15) is 18.3 Å². The Morgan fingerprint density at radius 1 is 1.28 bits per heavy atom. The summed E-state index contributed by atoms with van der Waals surface area (Å²) in [6, 6.07) is 1.06. The van der Waals surface area contributed by atoms with Crippen molar-refractivity contribution in [3.63, 3.8) is 0 Å². The monoisotopic (exact) mass is 420 g/mol. The van der Waals surface area contributed by atoms with Crippen LogP contribution < -0.4 is 0 Å². The molecule has 0 aliphatic heterocycles. The zero-order chi connectivity index (χ0) is 20.3. The van der Waals surface area contributed by atoms with Crippen molar-refractivity contribution in [2.24, 2.45) is 5.92 Å². The first-order chi connectivity index (χ1) is 13.8. The molecule has 1 unspecified atom stereocenters. The molecule has 0 amide bonds. The molecule has 0 radical (unpaired) electrons. The van der Waals surface area contributed by atoms with Crippen molar-refractivity contribution in [3.05, 3.63) is 40.0 Å². The number of fused-ring (bicyclic) bond motifs is 5. The maximum atomic E-state index is 12.9. The molecule has 1 atom stereocenters. The minimum Gasteiger partial charge on any atom is -0.269 e. The van der Waals surface area contributed by atoms with E-state index in [9.17, 15) is 13.2 Å². The molecule has 0 saturated carbocycles. The first-order valence-corrected chi connectivity index (χ1v) is 10.4. The van der Waals surface area contributed by atoms with E-state index in [1.54, 1.807) is 29.1 Å². The van der Waals surface area contributed by atoms with E-state index in [-0.39, 0.29) is 6.54 Å². The van der Waals surface area contributed by atoms with Crippen LogP contribution >= 0.6 is 11.3 Å². The fraction of sp³-hybridized carbons (Fsp3) is 0.474. The standard InChI is InChI=1S/C19H19F3N6S/c1-10-3-4-12-13(7-10)29-18-16(12)17-24-15(26-28(17)9-23-18)5-6-27-11(2)8-14(25-27)19(20,21)22/h8-10H,3-7H2,1-2H3. The molecule has 4 heterocycles. The summed E-state index contributed by atoms with van der Waals surface area (Å²) in [6.07, 6.45) is 0.869. The Morgan fingerprint density at radius 2 is 2.10 bits per heavy atom. The summed E-state index contributed by atoms with van der Waals surface area (Å²) in [5.41, 5.74) is 1.71. The topological polar surface area (TPSA) is 60.9 Å². The van der Waals surface area contributed by atoms with E-state index in [0.29, 0.717) is 23.9 Å². The van der Waals surface area contributed by atoms with E-state index in [2.05, 4.69) is 22.1 Å². The third-order valence-electron chi connectivity index (χ3n) is 5.50. The average Bonchev–Trinajstić information content (AvgIpc) is 3.32. The van der Waals surface area contributed by atoms with Crippen molar-refractivity contribution in [1.29, 1.82) is 0 Å². The third-order valence-corrected chi connectivity index (χ3v) is 6.66. The second-order valence-electron chi connectivity index (χ2n) is 7.71. The summed E-state index contributed by atoms with van der Waals surface area (Å²) in [7, 11) is 0. The Bertz CT molecular complexity index is 1220. The molecule has 0 N–H and O–H groups in total. The van der Waals surface area contributed by atoms with Gasteiger partial charge in [-0.3, -0.25) is 4.68 Å². The van der Waals surface area contributed by atoms with Gasteiger partial charge >= 0.3 is 6.18 Å². The normalized spacial score (nSPS) is 17.3. The molecule has 1 aliphatic rings. The Labute approximate surface area is 168 Å². The van der Waals surface area contributed by atoms with Gasteiger partial charge in [0.25, 0.3) is 0 Å². The first kappa shape index (κ1) is 18.5. The number of nitrogens with zero attached hydrogens (tertiary/aromatic N) is 6. The summed E-state index contributed by atoms with van der Waals surface area (Å²) < 4.78 is 41.6. The Hall–Kier alpha value is -2.49. The predicted octanol–water partition coefficient (Wildman–Crippen LogP) is 4.23. The van der Waals surface area contributed by atoms with Crippen LogP contribution in [0.2, 0.25) is 0 Å². The smallest absolute Gasteiger partial charge is 0.269 e. The van der Waals surface area contributed by atoms with Crippen LogP contribution in [0, 0.1) is 12.8 Å². The lowest BCUT2D eigenvalue weighted by Crippen LogP contribution is -2.10. The minimum absolute atomic E-state index is 0.286. The Morgan fingerprint density at radius 3 is 2.86 bits per heavy atom. The first-order valence-electron chi connectivity index (χ1n) is 9.55. The molecule has 0 spiro atoms. The number of aryl methyl sites for hydroxylation is 4. The van der Waals surface area contributed by atoms with Gasteiger partial charge in [0.15, 0.2) is 17.2 Å². The fourth-order valence-electron chi connectivity index (χ4n) is 3.97. The van der Waals surface area contributed by atoms with E-state index in [1.807, 2.05) is 0 Å². The molecule has 152 valence electrons. The highest BCUT2D eigenvalue weighted by atomic mass is 32.1. The summed E-state index contributed by atoms with van der Waals surface area (Å²) in [5, 5.41) is 9.24. The second-order valence-corrected chi connectivity index (χ2v) is 8.80. The fourth-order valence-corrected chi connectivity index (χ4v) is 5.32. The van der Waals surface area contributed by atoms with Gasteiger partial charge in [-0.25, -0.2) is 14.5 Å². The molecule has 29 heavy (non-hydrogen) atoms. The molecule has 0 saturated heterocycles. The van der Waals surface area contributed by atoms with Gasteiger partial charge in [-0.1, -0.05) is 6.92 Å². The Kier molecular flexibility index (Phi) is 4.16. The lowest BCUT2D eigenvalue weighted by atomic mass is 9.89. The molecule has 4 aromatic heterocycles. The predicted molar refractivity (Wildman–Crippen MR) is 103 cm³/mol. The number of rotatable bonds is 3. The maximum absolute atomic E-state index is 12.9. The Balaban J connectivity index is 1.46. The highest BCUT2D eigenvalue weighted by Crippen LogP contribution is 2.38. The molecule has 0 aromatic carbocycles. The summed E-state index contributed by atoms with van der Waals surface area (Å²) in [5.74, 6) is 1.26. The highest BCUT2D eigenvalue weighted by molar-refractivity contribution is 7.19. The van der Waals surface area contributed by atoms with E-state index in [4.69, 9.17) is 4.98 Å². The molecule has 0 fully saturated rings. The summed E-state index contributed by atoms with van der Waals surface area (Å²) in [6.45, 7) is 4.17. The molecule has 6 nitrogen and oxygen atoms in total. The zero-order valence-electron chi connectivity index (χ0n) is 16.0. The summed E-state index contributed by atoms with van der Waals surface area (Å²) >= 11 is 1.73. The molecular weight excluding hydrogens is 401 g/mol. The van der Waals surface area contributed by atoms with Crippen LogP contribution in [0.1, 0.15) is 41.0 Å². The van der Waals surface area contributed by atoms with Gasteiger partial charge in [-0.15, -0.1) is 16.4 Å². The number of hydrogen-bond donors (Lipinski definition) is 0. The number of hydrogen-bond acceptors (Lipinski definition) is 5.